The highest BCUT2D eigenvalue weighted by Crippen LogP contribution is 2.13. The fourth-order valence-electron chi connectivity index (χ4n) is 2.44. The van der Waals surface area contributed by atoms with Crippen molar-refractivity contribution in [3.05, 3.63) is 47.8 Å². The van der Waals surface area contributed by atoms with Crippen LogP contribution in [0.15, 0.2) is 46.5 Å². The third kappa shape index (κ3) is 11.5. The Balaban J connectivity index is 0.00000544. The average Bonchev–Trinajstić information content (AvgIpc) is 3.18. The molecule has 0 saturated heterocycles. The van der Waals surface area contributed by atoms with E-state index >= 15 is 0 Å². The summed E-state index contributed by atoms with van der Waals surface area (Å²) in [7, 11) is 0. The van der Waals surface area contributed by atoms with Gasteiger partial charge in [0.15, 0.2) is 5.96 Å². The molecular formula is C20H27ClN10OS. The fraction of sp³-hybridized carbons (Fsp3) is 0.250. The van der Waals surface area contributed by atoms with E-state index in [9.17, 15) is 4.79 Å². The van der Waals surface area contributed by atoms with Gasteiger partial charge in [0.1, 0.15) is 0 Å². The number of guanidine groups is 2. The van der Waals surface area contributed by atoms with Crippen LogP contribution in [0.1, 0.15) is 18.2 Å². The van der Waals surface area contributed by atoms with Crippen molar-refractivity contribution < 1.29 is 4.79 Å². The highest BCUT2D eigenvalue weighted by atomic mass is 35.5. The second-order valence-corrected chi connectivity index (χ2v) is 7.48. The predicted octanol–water partition coefficient (Wildman–Crippen LogP) is 1.66. The summed E-state index contributed by atoms with van der Waals surface area (Å²) in [6.07, 6.45) is 7.39. The van der Waals surface area contributed by atoms with E-state index in [1.807, 2.05) is 36.4 Å². The zero-order valence-electron chi connectivity index (χ0n) is 18.0. The van der Waals surface area contributed by atoms with Crippen LogP contribution >= 0.6 is 24.2 Å². The topological polar surface area (TPSA) is 182 Å². The molecule has 13 heteroatoms. The van der Waals surface area contributed by atoms with E-state index in [2.05, 4.69) is 35.9 Å². The molecule has 0 atom stereocenters. The second-order valence-electron chi connectivity index (χ2n) is 6.38. The number of benzene rings is 1. The van der Waals surface area contributed by atoms with Gasteiger partial charge in [-0.1, -0.05) is 24.3 Å². The van der Waals surface area contributed by atoms with Crippen molar-refractivity contribution in [2.75, 3.05) is 24.2 Å². The summed E-state index contributed by atoms with van der Waals surface area (Å²) in [4.78, 5) is 25.8. The molecule has 0 aliphatic carbocycles. The molecule has 0 aliphatic rings. The van der Waals surface area contributed by atoms with Crippen molar-refractivity contribution in [1.82, 2.24) is 20.6 Å². The molecule has 0 fully saturated rings. The van der Waals surface area contributed by atoms with Crippen molar-refractivity contribution in [2.45, 2.75) is 12.7 Å². The molecule has 0 spiro atoms. The lowest BCUT2D eigenvalue weighted by atomic mass is 10.2. The van der Waals surface area contributed by atoms with Crippen LogP contribution in [0, 0.1) is 11.5 Å². The summed E-state index contributed by atoms with van der Waals surface area (Å²) in [6, 6.07) is 7.48. The van der Waals surface area contributed by atoms with E-state index in [-0.39, 0.29) is 24.3 Å². The van der Waals surface area contributed by atoms with Gasteiger partial charge in [0, 0.05) is 43.4 Å². The van der Waals surface area contributed by atoms with Crippen LogP contribution in [0.4, 0.5) is 11.6 Å². The first-order valence-corrected chi connectivity index (χ1v) is 10.8. The van der Waals surface area contributed by atoms with Gasteiger partial charge in [-0.3, -0.25) is 4.79 Å². The molecule has 1 aromatic carbocycles. The minimum Gasteiger partial charge on any atom is -0.370 e. The number of nitrogens with two attached hydrogens (primary N) is 2. The van der Waals surface area contributed by atoms with Gasteiger partial charge in [-0.15, -0.1) is 17.4 Å². The minimum absolute atomic E-state index is 0. The average molecular weight is 491 g/mol. The van der Waals surface area contributed by atoms with E-state index in [0.717, 1.165) is 22.7 Å². The molecular weight excluding hydrogens is 464 g/mol. The lowest BCUT2D eigenvalue weighted by molar-refractivity contribution is -0.114. The van der Waals surface area contributed by atoms with Crippen molar-refractivity contribution in [1.29, 1.82) is 5.26 Å². The van der Waals surface area contributed by atoms with Gasteiger partial charge >= 0.3 is 0 Å². The highest BCUT2D eigenvalue weighted by molar-refractivity contribution is 7.98. The summed E-state index contributed by atoms with van der Waals surface area (Å²) in [5.41, 5.74) is 13.2. The Morgan fingerprint density at radius 2 is 2.06 bits per heavy atom. The number of imidazole rings is 1. The standard InChI is InChI=1S/C20H26N10OS.ClH/c1-14(31)28-16-6-4-15(5-7-16)3-2-8-24-19(27-13-21)25-9-10-32-12-17-11-26-20(29-17)30-18(22)23;/h2-7,11H,8-10,12H2,1H3,(H,28,31)(H2,24,25,27)(H5,22,23,26,29,30);1H. The quantitative estimate of drug-likeness (QED) is 0.126. The maximum atomic E-state index is 11.0. The van der Waals surface area contributed by atoms with Crippen LogP contribution in [0.3, 0.4) is 0 Å². The summed E-state index contributed by atoms with van der Waals surface area (Å²) in [6.45, 7) is 2.59. The summed E-state index contributed by atoms with van der Waals surface area (Å²) < 4.78 is 0. The zero-order valence-corrected chi connectivity index (χ0v) is 19.7. The van der Waals surface area contributed by atoms with Gasteiger partial charge < -0.3 is 32.4 Å². The van der Waals surface area contributed by atoms with Crippen molar-refractivity contribution >= 4 is 59.7 Å². The Morgan fingerprint density at radius 1 is 1.30 bits per heavy atom. The summed E-state index contributed by atoms with van der Waals surface area (Å²) in [5.74, 6) is 2.11. The van der Waals surface area contributed by atoms with Crippen LogP contribution in [-0.2, 0) is 10.5 Å². The smallest absolute Gasteiger partial charge is 0.230 e. The van der Waals surface area contributed by atoms with Crippen molar-refractivity contribution in [3.8, 4) is 6.19 Å². The molecule has 176 valence electrons. The molecule has 0 unspecified atom stereocenters. The second kappa shape index (κ2) is 15.2. The van der Waals surface area contributed by atoms with E-state index in [1.165, 1.54) is 6.92 Å². The number of aliphatic imine (C=N–C) groups is 2. The van der Waals surface area contributed by atoms with Gasteiger partial charge in [-0.25, -0.2) is 4.98 Å². The number of halogens is 1. The number of anilines is 1. The number of carbonyl (C=O) groups is 1. The van der Waals surface area contributed by atoms with Crippen LogP contribution in [0.5, 0.6) is 0 Å². The van der Waals surface area contributed by atoms with Crippen molar-refractivity contribution in [3.63, 3.8) is 0 Å². The number of hydrogen-bond donors (Lipinski definition) is 6. The number of nitrogens with one attached hydrogen (secondary N) is 4. The lowest BCUT2D eigenvalue weighted by Gasteiger charge is -2.09. The monoisotopic (exact) mass is 490 g/mol. The maximum Gasteiger partial charge on any atom is 0.230 e. The molecule has 33 heavy (non-hydrogen) atoms. The molecule has 1 heterocycles. The molecule has 8 N–H and O–H groups in total. The van der Waals surface area contributed by atoms with E-state index in [4.69, 9.17) is 16.7 Å². The fourth-order valence-corrected chi connectivity index (χ4v) is 3.19. The van der Waals surface area contributed by atoms with Crippen molar-refractivity contribution in [2.24, 2.45) is 21.5 Å². The number of amides is 1. The Bertz CT molecular complexity index is 1010. The van der Waals surface area contributed by atoms with Crippen LogP contribution in [0.2, 0.25) is 0 Å². The molecule has 0 aliphatic heterocycles. The predicted molar refractivity (Wildman–Crippen MR) is 136 cm³/mol. The Kier molecular flexibility index (Phi) is 12.6. The highest BCUT2D eigenvalue weighted by Gasteiger charge is 2.02. The first-order valence-electron chi connectivity index (χ1n) is 9.66. The first-order chi connectivity index (χ1) is 15.5. The van der Waals surface area contributed by atoms with E-state index in [0.29, 0.717) is 30.8 Å². The molecule has 0 saturated carbocycles. The molecule has 1 aromatic heterocycles. The number of aromatic amines is 1. The third-order valence-corrected chi connectivity index (χ3v) is 4.72. The number of rotatable bonds is 10. The third-order valence-electron chi connectivity index (χ3n) is 3.73. The molecule has 11 nitrogen and oxygen atoms in total. The number of nitriles is 1. The zero-order chi connectivity index (χ0) is 23.2. The molecule has 2 rings (SSSR count). The number of H-pyrrole nitrogens is 1. The lowest BCUT2D eigenvalue weighted by Crippen LogP contribution is -2.38. The Hall–Kier alpha value is -3.69. The Morgan fingerprint density at radius 3 is 2.73 bits per heavy atom. The van der Waals surface area contributed by atoms with Gasteiger partial charge in [-0.2, -0.15) is 22.0 Å². The van der Waals surface area contributed by atoms with Gasteiger partial charge in [0.25, 0.3) is 0 Å². The van der Waals surface area contributed by atoms with Crippen LogP contribution < -0.4 is 27.4 Å². The number of thioether (sulfide) groups is 1. The summed E-state index contributed by atoms with van der Waals surface area (Å²) >= 11 is 1.67. The van der Waals surface area contributed by atoms with Gasteiger partial charge in [0.2, 0.25) is 24.0 Å². The molecule has 1 amide bonds. The number of aromatic nitrogens is 2. The van der Waals surface area contributed by atoms with E-state index in [1.54, 1.807) is 24.2 Å². The maximum absolute atomic E-state index is 11.0. The first kappa shape index (κ1) is 27.3. The number of hydrogen-bond acceptors (Lipinski definition) is 6. The van der Waals surface area contributed by atoms with Crippen LogP contribution in [0.25, 0.3) is 6.08 Å². The molecule has 2 aromatic rings. The molecule has 0 bridgehead atoms. The van der Waals surface area contributed by atoms with Crippen LogP contribution in [-0.4, -0.2) is 46.6 Å². The van der Waals surface area contributed by atoms with E-state index < -0.39 is 0 Å². The summed E-state index contributed by atoms with van der Waals surface area (Å²) in [5, 5.41) is 17.8. The van der Waals surface area contributed by atoms with Gasteiger partial charge in [0.05, 0.1) is 5.69 Å². The minimum atomic E-state index is -0.106. The van der Waals surface area contributed by atoms with Gasteiger partial charge in [-0.05, 0) is 17.7 Å². The largest absolute Gasteiger partial charge is 0.370 e. The SMILES string of the molecule is CC(=O)Nc1ccc(C=CCNC(=NC#N)NCCSCc2c[nH]c(N=C(N)N)n2)cc1.Cl. The number of carbonyl (C=O) groups excluding carboxylic acids is 1. The normalized spacial score (nSPS) is 10.7. The Labute approximate surface area is 202 Å². The molecule has 0 radical (unpaired) electrons. The number of nitrogens with zero attached hydrogens (tertiary/aromatic N) is 4.